The third-order valence-electron chi connectivity index (χ3n) is 2.64. The Kier molecular flexibility index (Phi) is 2.88. The molecule has 1 aromatic carbocycles. The van der Waals surface area contributed by atoms with Crippen LogP contribution in [-0.4, -0.2) is 30.1 Å². The zero-order chi connectivity index (χ0) is 13.9. The number of nitro groups is 1. The summed E-state index contributed by atoms with van der Waals surface area (Å²) in [5, 5.41) is 22.7. The first-order chi connectivity index (χ1) is 9.74. The van der Waals surface area contributed by atoms with Gasteiger partial charge in [0.1, 0.15) is 0 Å². The monoisotopic (exact) mass is 268 g/mol. The molecule has 3 aromatic rings. The van der Waals surface area contributed by atoms with Crippen molar-refractivity contribution in [2.24, 2.45) is 0 Å². The van der Waals surface area contributed by atoms with E-state index in [1.807, 2.05) is 0 Å². The van der Waals surface area contributed by atoms with Crippen molar-refractivity contribution in [2.45, 2.75) is 0 Å². The molecule has 2 aromatic heterocycles. The van der Waals surface area contributed by atoms with E-state index in [0.717, 1.165) is 5.56 Å². The van der Waals surface area contributed by atoms with Gasteiger partial charge in [0.2, 0.25) is 5.82 Å². The molecule has 0 saturated heterocycles. The van der Waals surface area contributed by atoms with Gasteiger partial charge in [-0.1, -0.05) is 0 Å². The fourth-order valence-electron chi connectivity index (χ4n) is 1.65. The Morgan fingerprint density at radius 3 is 2.40 bits per heavy atom. The normalized spacial score (nSPS) is 10.4. The van der Waals surface area contributed by atoms with Gasteiger partial charge in [-0.25, -0.2) is 0 Å². The number of nitrogens with zero attached hydrogens (tertiary/aromatic N) is 6. The Hall–Kier alpha value is -3.16. The fourth-order valence-corrected chi connectivity index (χ4v) is 1.65. The predicted octanol–water partition coefficient (Wildman–Crippen LogP) is 1.63. The summed E-state index contributed by atoms with van der Waals surface area (Å²) in [6.45, 7) is 0. The minimum absolute atomic E-state index is 0.0169. The smallest absolute Gasteiger partial charge is 0.265 e. The van der Waals surface area contributed by atoms with Crippen molar-refractivity contribution in [3.8, 4) is 17.1 Å². The van der Waals surface area contributed by atoms with Gasteiger partial charge in [0, 0.05) is 30.1 Å². The first-order valence-corrected chi connectivity index (χ1v) is 5.69. The van der Waals surface area contributed by atoms with E-state index in [4.69, 9.17) is 0 Å². The van der Waals surface area contributed by atoms with Gasteiger partial charge >= 0.3 is 0 Å². The lowest BCUT2D eigenvalue weighted by Gasteiger charge is -1.97. The number of rotatable bonds is 3. The highest BCUT2D eigenvalue weighted by Gasteiger charge is 2.09. The summed E-state index contributed by atoms with van der Waals surface area (Å²) < 4.78 is 0. The molecule has 0 aliphatic carbocycles. The van der Waals surface area contributed by atoms with Crippen LogP contribution in [0.25, 0.3) is 17.1 Å². The van der Waals surface area contributed by atoms with E-state index in [1.54, 1.807) is 36.7 Å². The molecule has 0 spiro atoms. The SMILES string of the molecule is O=[N+]([O-])c1ccc(-n2nnc(-c3ccncc3)n2)cc1. The number of pyridine rings is 1. The minimum atomic E-state index is -0.457. The highest BCUT2D eigenvalue weighted by Crippen LogP contribution is 2.16. The zero-order valence-electron chi connectivity index (χ0n) is 10.1. The molecular formula is C12H8N6O2. The van der Waals surface area contributed by atoms with E-state index < -0.39 is 4.92 Å². The second-order valence-electron chi connectivity index (χ2n) is 3.91. The minimum Gasteiger partial charge on any atom is -0.265 e. The fraction of sp³-hybridized carbons (Fsp3) is 0. The number of hydrogen-bond donors (Lipinski definition) is 0. The highest BCUT2D eigenvalue weighted by atomic mass is 16.6. The summed E-state index contributed by atoms with van der Waals surface area (Å²) in [5.74, 6) is 0.464. The molecule has 98 valence electrons. The summed E-state index contributed by atoms with van der Waals surface area (Å²) >= 11 is 0. The van der Waals surface area contributed by atoms with Crippen LogP contribution in [0.2, 0.25) is 0 Å². The predicted molar refractivity (Wildman–Crippen MR) is 69.0 cm³/mol. The molecule has 8 heteroatoms. The quantitative estimate of drug-likeness (QED) is 0.528. The lowest BCUT2D eigenvalue weighted by atomic mass is 10.3. The van der Waals surface area contributed by atoms with E-state index in [2.05, 4.69) is 20.4 Å². The first-order valence-electron chi connectivity index (χ1n) is 5.69. The van der Waals surface area contributed by atoms with Crippen LogP contribution in [0.4, 0.5) is 5.69 Å². The molecule has 0 atom stereocenters. The molecular weight excluding hydrogens is 260 g/mol. The summed E-state index contributed by atoms with van der Waals surface area (Å²) in [6, 6.07) is 9.47. The number of non-ortho nitro benzene ring substituents is 1. The van der Waals surface area contributed by atoms with Crippen molar-refractivity contribution < 1.29 is 4.92 Å². The van der Waals surface area contributed by atoms with E-state index in [0.29, 0.717) is 11.5 Å². The van der Waals surface area contributed by atoms with Crippen molar-refractivity contribution in [2.75, 3.05) is 0 Å². The van der Waals surface area contributed by atoms with Gasteiger partial charge in [-0.05, 0) is 29.5 Å². The molecule has 2 heterocycles. The Balaban J connectivity index is 1.92. The number of benzene rings is 1. The van der Waals surface area contributed by atoms with Gasteiger partial charge in [-0.15, -0.1) is 15.0 Å². The van der Waals surface area contributed by atoms with Gasteiger partial charge < -0.3 is 0 Å². The Morgan fingerprint density at radius 2 is 1.75 bits per heavy atom. The van der Waals surface area contributed by atoms with Crippen molar-refractivity contribution in [3.05, 3.63) is 58.9 Å². The maximum atomic E-state index is 10.6. The standard InChI is InChI=1S/C12H8N6O2/c19-18(20)11-3-1-10(2-4-11)17-15-12(14-16-17)9-5-7-13-8-6-9/h1-8H. The molecule has 0 N–H and O–H groups in total. The second kappa shape index (κ2) is 4.84. The molecule has 0 amide bonds. The summed E-state index contributed by atoms with van der Waals surface area (Å²) in [7, 11) is 0. The van der Waals surface area contributed by atoms with Crippen molar-refractivity contribution in [1.29, 1.82) is 0 Å². The average molecular weight is 268 g/mol. The van der Waals surface area contributed by atoms with E-state index in [9.17, 15) is 10.1 Å². The Morgan fingerprint density at radius 1 is 1.05 bits per heavy atom. The molecule has 0 unspecified atom stereocenters. The van der Waals surface area contributed by atoms with Crippen molar-refractivity contribution in [1.82, 2.24) is 25.2 Å². The average Bonchev–Trinajstić information content (AvgIpc) is 2.98. The van der Waals surface area contributed by atoms with Crippen LogP contribution in [0.3, 0.4) is 0 Å². The third-order valence-corrected chi connectivity index (χ3v) is 2.64. The Bertz CT molecular complexity index is 738. The molecule has 8 nitrogen and oxygen atoms in total. The maximum Gasteiger partial charge on any atom is 0.269 e. The van der Waals surface area contributed by atoms with Crippen LogP contribution < -0.4 is 0 Å². The molecule has 20 heavy (non-hydrogen) atoms. The van der Waals surface area contributed by atoms with Crippen LogP contribution >= 0.6 is 0 Å². The van der Waals surface area contributed by atoms with Gasteiger partial charge in [-0.2, -0.15) is 0 Å². The lowest BCUT2D eigenvalue weighted by molar-refractivity contribution is -0.384. The molecule has 0 saturated carbocycles. The highest BCUT2D eigenvalue weighted by molar-refractivity contribution is 5.52. The van der Waals surface area contributed by atoms with Crippen LogP contribution in [-0.2, 0) is 0 Å². The van der Waals surface area contributed by atoms with Crippen LogP contribution in [0.15, 0.2) is 48.8 Å². The molecule has 0 aliphatic heterocycles. The number of hydrogen-bond acceptors (Lipinski definition) is 6. The van der Waals surface area contributed by atoms with E-state index in [1.165, 1.54) is 16.9 Å². The second-order valence-corrected chi connectivity index (χ2v) is 3.91. The third kappa shape index (κ3) is 2.21. The van der Waals surface area contributed by atoms with Crippen LogP contribution in [0.5, 0.6) is 0 Å². The van der Waals surface area contributed by atoms with E-state index >= 15 is 0 Å². The summed E-state index contributed by atoms with van der Waals surface area (Å²) in [4.78, 5) is 15.4. The molecule has 3 rings (SSSR count). The zero-order valence-corrected chi connectivity index (χ0v) is 10.1. The summed E-state index contributed by atoms with van der Waals surface area (Å²) in [6.07, 6.45) is 3.28. The number of tetrazole rings is 1. The van der Waals surface area contributed by atoms with Crippen molar-refractivity contribution >= 4 is 5.69 Å². The number of aromatic nitrogens is 5. The maximum absolute atomic E-state index is 10.6. The largest absolute Gasteiger partial charge is 0.269 e. The summed E-state index contributed by atoms with van der Waals surface area (Å²) in [5.41, 5.74) is 1.42. The molecule has 0 fully saturated rings. The topological polar surface area (TPSA) is 99.6 Å². The molecule has 0 bridgehead atoms. The van der Waals surface area contributed by atoms with Crippen molar-refractivity contribution in [3.63, 3.8) is 0 Å². The van der Waals surface area contributed by atoms with Gasteiger partial charge in [0.15, 0.2) is 0 Å². The van der Waals surface area contributed by atoms with Crippen LogP contribution in [0.1, 0.15) is 0 Å². The van der Waals surface area contributed by atoms with E-state index in [-0.39, 0.29) is 5.69 Å². The molecule has 0 radical (unpaired) electrons. The lowest BCUT2D eigenvalue weighted by Crippen LogP contribution is -1.99. The first kappa shape index (κ1) is 11.9. The molecule has 0 aliphatic rings. The number of nitro benzene ring substituents is 1. The van der Waals surface area contributed by atoms with Crippen LogP contribution in [0, 0.1) is 10.1 Å². The van der Waals surface area contributed by atoms with Gasteiger partial charge in [-0.3, -0.25) is 15.1 Å². The van der Waals surface area contributed by atoms with Gasteiger partial charge in [0.05, 0.1) is 10.6 Å². The van der Waals surface area contributed by atoms with Gasteiger partial charge in [0.25, 0.3) is 5.69 Å². The Labute approximate surface area is 112 Å².